The van der Waals surface area contributed by atoms with E-state index in [1.165, 1.54) is 0 Å². The van der Waals surface area contributed by atoms with Crippen LogP contribution >= 0.6 is 0 Å². The molecule has 2 heterocycles. The van der Waals surface area contributed by atoms with E-state index in [0.29, 0.717) is 18.5 Å². The van der Waals surface area contributed by atoms with E-state index in [-0.39, 0.29) is 24.5 Å². The van der Waals surface area contributed by atoms with Gasteiger partial charge in [0.2, 0.25) is 0 Å². The number of rotatable bonds is 5. The van der Waals surface area contributed by atoms with Crippen molar-refractivity contribution in [1.29, 1.82) is 0 Å². The monoisotopic (exact) mass is 370 g/mol. The number of nitrogens with zero attached hydrogens (tertiary/aromatic N) is 2. The number of methoxy groups -OCH3 is 1. The zero-order chi connectivity index (χ0) is 19.7. The third-order valence-electron chi connectivity index (χ3n) is 5.30. The SMILES string of the molecule is COC1CC(CC(=O)O)N(C(=O)c2cc(C)n(-c3cccc(C)c3)c2C)C1. The summed E-state index contributed by atoms with van der Waals surface area (Å²) in [6, 6.07) is 9.68. The fourth-order valence-electron chi connectivity index (χ4n) is 3.99. The molecule has 1 aromatic carbocycles. The first kappa shape index (κ1) is 19.2. The van der Waals surface area contributed by atoms with Gasteiger partial charge in [0.1, 0.15) is 0 Å². The minimum atomic E-state index is -0.903. The van der Waals surface area contributed by atoms with Gasteiger partial charge in [0, 0.05) is 36.8 Å². The van der Waals surface area contributed by atoms with Gasteiger partial charge in [0.15, 0.2) is 0 Å². The summed E-state index contributed by atoms with van der Waals surface area (Å²) in [6.45, 7) is 6.36. The van der Waals surface area contributed by atoms with E-state index in [4.69, 9.17) is 4.74 Å². The Balaban J connectivity index is 1.95. The molecule has 1 aromatic heterocycles. The predicted molar refractivity (Wildman–Crippen MR) is 102 cm³/mol. The average Bonchev–Trinajstić information content (AvgIpc) is 3.14. The molecule has 0 radical (unpaired) electrons. The maximum absolute atomic E-state index is 13.2. The number of ether oxygens (including phenoxy) is 1. The molecule has 1 amide bonds. The lowest BCUT2D eigenvalue weighted by Crippen LogP contribution is -2.37. The Bertz CT molecular complexity index is 871. The number of benzene rings is 1. The van der Waals surface area contributed by atoms with Gasteiger partial charge in [0.25, 0.3) is 5.91 Å². The highest BCUT2D eigenvalue weighted by molar-refractivity contribution is 5.96. The van der Waals surface area contributed by atoms with Gasteiger partial charge in [-0.2, -0.15) is 0 Å². The van der Waals surface area contributed by atoms with Gasteiger partial charge >= 0.3 is 5.97 Å². The van der Waals surface area contributed by atoms with Gasteiger partial charge in [0.05, 0.1) is 18.1 Å². The molecule has 6 nitrogen and oxygen atoms in total. The molecule has 144 valence electrons. The summed E-state index contributed by atoms with van der Waals surface area (Å²) >= 11 is 0. The number of aliphatic carboxylic acids is 1. The maximum Gasteiger partial charge on any atom is 0.305 e. The number of hydrogen-bond acceptors (Lipinski definition) is 3. The first-order valence-corrected chi connectivity index (χ1v) is 9.13. The van der Waals surface area contributed by atoms with Crippen LogP contribution < -0.4 is 0 Å². The summed E-state index contributed by atoms with van der Waals surface area (Å²) < 4.78 is 7.45. The molecule has 2 atom stereocenters. The highest BCUT2D eigenvalue weighted by atomic mass is 16.5. The molecule has 27 heavy (non-hydrogen) atoms. The standard InChI is InChI=1S/C21H26N2O4/c1-13-6-5-7-16(8-13)23-14(2)9-19(15(23)3)21(26)22-12-18(27-4)10-17(22)11-20(24)25/h5-9,17-18H,10-12H2,1-4H3,(H,24,25). The van der Waals surface area contributed by atoms with E-state index in [1.807, 2.05) is 45.0 Å². The summed E-state index contributed by atoms with van der Waals surface area (Å²) in [7, 11) is 1.60. The molecule has 2 unspecified atom stereocenters. The topological polar surface area (TPSA) is 71.8 Å². The molecular weight excluding hydrogens is 344 g/mol. The van der Waals surface area contributed by atoms with E-state index in [0.717, 1.165) is 22.6 Å². The smallest absolute Gasteiger partial charge is 0.305 e. The van der Waals surface area contributed by atoms with Crippen LogP contribution in [0.1, 0.15) is 40.2 Å². The number of carboxylic acid groups (broad SMARTS) is 1. The lowest BCUT2D eigenvalue weighted by Gasteiger charge is -2.23. The highest BCUT2D eigenvalue weighted by Crippen LogP contribution is 2.28. The number of amides is 1. The second-order valence-corrected chi connectivity index (χ2v) is 7.26. The Morgan fingerprint density at radius 3 is 2.59 bits per heavy atom. The highest BCUT2D eigenvalue weighted by Gasteiger charge is 2.37. The fourth-order valence-corrected chi connectivity index (χ4v) is 3.99. The zero-order valence-electron chi connectivity index (χ0n) is 16.2. The number of carbonyl (C=O) groups is 2. The Morgan fingerprint density at radius 2 is 1.96 bits per heavy atom. The van der Waals surface area contributed by atoms with Crippen LogP contribution in [-0.2, 0) is 9.53 Å². The molecule has 0 spiro atoms. The summed E-state index contributed by atoms with van der Waals surface area (Å²) in [6.07, 6.45) is 0.353. The molecule has 1 saturated heterocycles. The van der Waals surface area contributed by atoms with Crippen molar-refractivity contribution in [2.24, 2.45) is 0 Å². The second-order valence-electron chi connectivity index (χ2n) is 7.26. The molecular formula is C21H26N2O4. The Kier molecular flexibility index (Phi) is 5.37. The Morgan fingerprint density at radius 1 is 1.22 bits per heavy atom. The molecule has 1 N–H and O–H groups in total. The Hall–Kier alpha value is -2.60. The number of aryl methyl sites for hydroxylation is 2. The van der Waals surface area contributed by atoms with E-state index in [2.05, 4.69) is 10.6 Å². The summed E-state index contributed by atoms with van der Waals surface area (Å²) in [5.41, 5.74) is 4.61. The van der Waals surface area contributed by atoms with Crippen LogP contribution in [0, 0.1) is 20.8 Å². The minimum absolute atomic E-state index is 0.0672. The largest absolute Gasteiger partial charge is 0.481 e. The van der Waals surface area contributed by atoms with Crippen molar-refractivity contribution >= 4 is 11.9 Å². The van der Waals surface area contributed by atoms with Gasteiger partial charge in [-0.05, 0) is 51.0 Å². The third-order valence-corrected chi connectivity index (χ3v) is 5.30. The first-order chi connectivity index (χ1) is 12.8. The van der Waals surface area contributed by atoms with Gasteiger partial charge in [-0.1, -0.05) is 12.1 Å². The van der Waals surface area contributed by atoms with Crippen molar-refractivity contribution in [3.8, 4) is 5.69 Å². The van der Waals surface area contributed by atoms with Crippen molar-refractivity contribution in [2.45, 2.75) is 45.8 Å². The van der Waals surface area contributed by atoms with Crippen LogP contribution in [-0.4, -0.2) is 52.3 Å². The summed E-state index contributed by atoms with van der Waals surface area (Å²) in [5, 5.41) is 9.20. The average molecular weight is 370 g/mol. The van der Waals surface area contributed by atoms with Gasteiger partial charge in [-0.3, -0.25) is 9.59 Å². The van der Waals surface area contributed by atoms with Crippen molar-refractivity contribution in [3.63, 3.8) is 0 Å². The lowest BCUT2D eigenvalue weighted by molar-refractivity contribution is -0.137. The molecule has 1 aliphatic rings. The molecule has 3 rings (SSSR count). The van der Waals surface area contributed by atoms with E-state index in [1.54, 1.807) is 12.0 Å². The van der Waals surface area contributed by atoms with Crippen molar-refractivity contribution in [1.82, 2.24) is 9.47 Å². The number of aromatic nitrogens is 1. The molecule has 1 fully saturated rings. The summed E-state index contributed by atoms with van der Waals surface area (Å²) in [4.78, 5) is 26.1. The maximum atomic E-state index is 13.2. The van der Waals surface area contributed by atoms with Crippen LogP contribution in [0.3, 0.4) is 0 Å². The first-order valence-electron chi connectivity index (χ1n) is 9.13. The zero-order valence-corrected chi connectivity index (χ0v) is 16.2. The van der Waals surface area contributed by atoms with Crippen molar-refractivity contribution in [2.75, 3.05) is 13.7 Å². The number of carboxylic acids is 1. The van der Waals surface area contributed by atoms with E-state index in [9.17, 15) is 14.7 Å². The molecule has 0 bridgehead atoms. The van der Waals surface area contributed by atoms with Crippen molar-refractivity contribution < 1.29 is 19.4 Å². The van der Waals surface area contributed by atoms with Crippen LogP contribution in [0.5, 0.6) is 0 Å². The van der Waals surface area contributed by atoms with E-state index < -0.39 is 5.97 Å². The number of carbonyl (C=O) groups excluding carboxylic acids is 1. The van der Waals surface area contributed by atoms with Crippen LogP contribution in [0.4, 0.5) is 0 Å². The minimum Gasteiger partial charge on any atom is -0.481 e. The van der Waals surface area contributed by atoms with Gasteiger partial charge in [-0.15, -0.1) is 0 Å². The Labute approximate surface area is 159 Å². The molecule has 1 aliphatic heterocycles. The molecule has 0 aliphatic carbocycles. The quantitative estimate of drug-likeness (QED) is 0.878. The predicted octanol–water partition coefficient (Wildman–Crippen LogP) is 3.11. The molecule has 6 heteroatoms. The van der Waals surface area contributed by atoms with Crippen LogP contribution in [0.25, 0.3) is 5.69 Å². The normalized spacial score (nSPS) is 19.5. The van der Waals surface area contributed by atoms with E-state index >= 15 is 0 Å². The lowest BCUT2D eigenvalue weighted by atomic mass is 10.1. The van der Waals surface area contributed by atoms with Crippen molar-refractivity contribution in [3.05, 3.63) is 52.8 Å². The number of likely N-dealkylation sites (tertiary alicyclic amines) is 1. The van der Waals surface area contributed by atoms with Crippen LogP contribution in [0.15, 0.2) is 30.3 Å². The van der Waals surface area contributed by atoms with Crippen LogP contribution in [0.2, 0.25) is 0 Å². The van der Waals surface area contributed by atoms with Gasteiger partial charge in [-0.25, -0.2) is 0 Å². The second kappa shape index (κ2) is 7.56. The number of hydrogen-bond donors (Lipinski definition) is 1. The van der Waals surface area contributed by atoms with Gasteiger partial charge < -0.3 is 19.3 Å². The third kappa shape index (κ3) is 3.76. The molecule has 2 aromatic rings. The molecule has 0 saturated carbocycles. The summed E-state index contributed by atoms with van der Waals surface area (Å²) in [5.74, 6) is -1.03. The fraction of sp³-hybridized carbons (Fsp3) is 0.429.